The Morgan fingerprint density at radius 3 is 2.60 bits per heavy atom. The van der Waals surface area contributed by atoms with Gasteiger partial charge in [-0.1, -0.05) is 26.0 Å². The second-order valence-corrected chi connectivity index (χ2v) is 5.94. The number of carbonyl (C=O) groups excluding carboxylic acids is 1. The van der Waals surface area contributed by atoms with Gasteiger partial charge in [-0.2, -0.15) is 0 Å². The van der Waals surface area contributed by atoms with E-state index in [1.54, 1.807) is 0 Å². The Kier molecular flexibility index (Phi) is 5.01. The quantitative estimate of drug-likeness (QED) is 0.868. The van der Waals surface area contributed by atoms with Crippen LogP contribution in [0, 0.1) is 5.92 Å². The molecule has 110 valence electrons. The summed E-state index contributed by atoms with van der Waals surface area (Å²) >= 11 is 0. The van der Waals surface area contributed by atoms with E-state index in [4.69, 9.17) is 5.73 Å². The lowest BCUT2D eigenvalue weighted by Crippen LogP contribution is -2.37. The first-order valence-electron chi connectivity index (χ1n) is 7.48. The Balaban J connectivity index is 2.07. The van der Waals surface area contributed by atoms with Crippen molar-refractivity contribution in [3.05, 3.63) is 24.3 Å². The summed E-state index contributed by atoms with van der Waals surface area (Å²) in [5.41, 5.74) is 7.92. The van der Waals surface area contributed by atoms with E-state index in [0.717, 1.165) is 24.5 Å². The second-order valence-electron chi connectivity index (χ2n) is 5.94. The van der Waals surface area contributed by atoms with Crippen LogP contribution in [0.2, 0.25) is 0 Å². The molecule has 1 aliphatic rings. The third-order valence-electron chi connectivity index (χ3n) is 3.67. The molecular formula is C16H25N3O. The molecular weight excluding hydrogens is 250 g/mol. The van der Waals surface area contributed by atoms with Crippen LogP contribution in [-0.2, 0) is 4.79 Å². The van der Waals surface area contributed by atoms with Gasteiger partial charge in [-0.15, -0.1) is 0 Å². The Bertz CT molecular complexity index is 453. The van der Waals surface area contributed by atoms with Crippen molar-refractivity contribution in [2.24, 2.45) is 11.7 Å². The minimum absolute atomic E-state index is 0.0923. The van der Waals surface area contributed by atoms with E-state index in [2.05, 4.69) is 30.1 Å². The molecule has 20 heavy (non-hydrogen) atoms. The molecule has 0 saturated carbocycles. The minimum atomic E-state index is -0.443. The topological polar surface area (TPSA) is 58.4 Å². The predicted molar refractivity (Wildman–Crippen MR) is 83.9 cm³/mol. The van der Waals surface area contributed by atoms with Gasteiger partial charge < -0.3 is 16.0 Å². The van der Waals surface area contributed by atoms with Crippen LogP contribution >= 0.6 is 0 Å². The van der Waals surface area contributed by atoms with Crippen LogP contribution < -0.4 is 16.0 Å². The molecule has 2 rings (SSSR count). The lowest BCUT2D eigenvalue weighted by atomic mass is 10.0. The van der Waals surface area contributed by atoms with Crippen LogP contribution in [-0.4, -0.2) is 25.0 Å². The van der Waals surface area contributed by atoms with Gasteiger partial charge >= 0.3 is 0 Å². The third kappa shape index (κ3) is 3.73. The lowest BCUT2D eigenvalue weighted by Gasteiger charge is -2.22. The first kappa shape index (κ1) is 14.9. The minimum Gasteiger partial charge on any atom is -0.370 e. The molecule has 4 nitrogen and oxygen atoms in total. The molecule has 1 fully saturated rings. The van der Waals surface area contributed by atoms with Crippen molar-refractivity contribution in [1.29, 1.82) is 0 Å². The zero-order chi connectivity index (χ0) is 14.5. The molecule has 1 saturated heterocycles. The van der Waals surface area contributed by atoms with Crippen LogP contribution in [0.5, 0.6) is 0 Å². The molecule has 4 heteroatoms. The van der Waals surface area contributed by atoms with E-state index in [9.17, 15) is 4.79 Å². The van der Waals surface area contributed by atoms with Gasteiger partial charge in [0.25, 0.3) is 0 Å². The zero-order valence-electron chi connectivity index (χ0n) is 12.4. The van der Waals surface area contributed by atoms with Gasteiger partial charge in [-0.25, -0.2) is 0 Å². The van der Waals surface area contributed by atoms with Crippen molar-refractivity contribution < 1.29 is 4.79 Å². The average Bonchev–Trinajstić information content (AvgIpc) is 2.92. The molecule has 1 aliphatic heterocycles. The highest BCUT2D eigenvalue weighted by molar-refractivity contribution is 5.97. The summed E-state index contributed by atoms with van der Waals surface area (Å²) in [7, 11) is 0. The Morgan fingerprint density at radius 2 is 1.95 bits per heavy atom. The number of para-hydroxylation sites is 2. The van der Waals surface area contributed by atoms with Crippen molar-refractivity contribution in [1.82, 2.24) is 0 Å². The normalized spacial score (nSPS) is 16.5. The van der Waals surface area contributed by atoms with Crippen LogP contribution in [0.25, 0.3) is 0 Å². The second kappa shape index (κ2) is 6.75. The summed E-state index contributed by atoms with van der Waals surface area (Å²) in [5.74, 6) is 0.329. The summed E-state index contributed by atoms with van der Waals surface area (Å²) in [4.78, 5) is 14.5. The molecule has 1 unspecified atom stereocenters. The Morgan fingerprint density at radius 1 is 1.30 bits per heavy atom. The average molecular weight is 275 g/mol. The van der Waals surface area contributed by atoms with E-state index in [1.165, 1.54) is 12.8 Å². The maximum atomic E-state index is 12.2. The van der Waals surface area contributed by atoms with Gasteiger partial charge in [-0.05, 0) is 37.3 Å². The molecule has 3 N–H and O–H groups in total. The van der Waals surface area contributed by atoms with E-state index < -0.39 is 6.04 Å². The number of rotatable bonds is 5. The zero-order valence-corrected chi connectivity index (χ0v) is 12.4. The van der Waals surface area contributed by atoms with Crippen LogP contribution in [0.1, 0.15) is 33.1 Å². The Labute approximate surface area is 121 Å². The summed E-state index contributed by atoms with van der Waals surface area (Å²) < 4.78 is 0. The van der Waals surface area contributed by atoms with E-state index in [-0.39, 0.29) is 5.91 Å². The summed E-state index contributed by atoms with van der Waals surface area (Å²) in [6.45, 7) is 6.27. The van der Waals surface area contributed by atoms with E-state index in [0.29, 0.717) is 12.3 Å². The van der Waals surface area contributed by atoms with Crippen molar-refractivity contribution in [3.63, 3.8) is 0 Å². The number of carbonyl (C=O) groups is 1. The number of nitrogens with zero attached hydrogens (tertiary/aromatic N) is 1. The largest absolute Gasteiger partial charge is 0.370 e. The van der Waals surface area contributed by atoms with Gasteiger partial charge in [0.2, 0.25) is 5.91 Å². The smallest absolute Gasteiger partial charge is 0.241 e. The van der Waals surface area contributed by atoms with Crippen molar-refractivity contribution in [2.75, 3.05) is 23.3 Å². The first-order chi connectivity index (χ1) is 9.58. The molecule has 1 aromatic rings. The van der Waals surface area contributed by atoms with Crippen molar-refractivity contribution in [3.8, 4) is 0 Å². The summed E-state index contributed by atoms with van der Waals surface area (Å²) in [5, 5.41) is 2.99. The van der Waals surface area contributed by atoms with Crippen molar-refractivity contribution in [2.45, 2.75) is 39.2 Å². The van der Waals surface area contributed by atoms with Crippen LogP contribution in [0.15, 0.2) is 24.3 Å². The fraction of sp³-hybridized carbons (Fsp3) is 0.562. The maximum Gasteiger partial charge on any atom is 0.241 e. The highest BCUT2D eigenvalue weighted by atomic mass is 16.2. The molecule has 1 aromatic carbocycles. The number of nitrogens with two attached hydrogens (primary N) is 1. The highest BCUT2D eigenvalue weighted by Crippen LogP contribution is 2.28. The van der Waals surface area contributed by atoms with Gasteiger partial charge in [0.1, 0.15) is 0 Å². The molecule has 0 bridgehead atoms. The van der Waals surface area contributed by atoms with Gasteiger partial charge in [0.15, 0.2) is 0 Å². The molecule has 0 spiro atoms. The third-order valence-corrected chi connectivity index (χ3v) is 3.67. The van der Waals surface area contributed by atoms with Crippen LogP contribution in [0.4, 0.5) is 11.4 Å². The molecule has 0 aliphatic carbocycles. The highest BCUT2D eigenvalue weighted by Gasteiger charge is 2.19. The number of hydrogen-bond acceptors (Lipinski definition) is 3. The number of benzene rings is 1. The SMILES string of the molecule is CC(C)CC(N)C(=O)Nc1ccccc1N1CCCC1. The van der Waals surface area contributed by atoms with Gasteiger partial charge in [-0.3, -0.25) is 4.79 Å². The molecule has 0 radical (unpaired) electrons. The maximum absolute atomic E-state index is 12.2. The lowest BCUT2D eigenvalue weighted by molar-refractivity contribution is -0.117. The number of amides is 1. The van der Waals surface area contributed by atoms with E-state index in [1.807, 2.05) is 18.2 Å². The molecule has 1 heterocycles. The number of nitrogens with one attached hydrogen (secondary N) is 1. The fourth-order valence-electron chi connectivity index (χ4n) is 2.65. The monoisotopic (exact) mass is 275 g/mol. The fourth-order valence-corrected chi connectivity index (χ4v) is 2.65. The first-order valence-corrected chi connectivity index (χ1v) is 7.48. The van der Waals surface area contributed by atoms with Gasteiger partial charge in [0, 0.05) is 13.1 Å². The summed E-state index contributed by atoms with van der Waals surface area (Å²) in [6.07, 6.45) is 3.14. The number of anilines is 2. The predicted octanol–water partition coefficient (Wildman–Crippen LogP) is 2.60. The summed E-state index contributed by atoms with van der Waals surface area (Å²) in [6, 6.07) is 7.53. The van der Waals surface area contributed by atoms with E-state index >= 15 is 0 Å². The molecule has 1 amide bonds. The standard InChI is InChI=1S/C16H25N3O/c1-12(2)11-13(17)16(20)18-14-7-3-4-8-15(14)19-9-5-6-10-19/h3-4,7-8,12-13H,5-6,9-11,17H2,1-2H3,(H,18,20). The van der Waals surface area contributed by atoms with Crippen LogP contribution in [0.3, 0.4) is 0 Å². The Hall–Kier alpha value is -1.55. The van der Waals surface area contributed by atoms with Crippen molar-refractivity contribution >= 4 is 17.3 Å². The molecule has 1 atom stereocenters. The number of hydrogen-bond donors (Lipinski definition) is 2. The van der Waals surface area contributed by atoms with Gasteiger partial charge in [0.05, 0.1) is 17.4 Å². The molecule has 0 aromatic heterocycles.